The lowest BCUT2D eigenvalue weighted by molar-refractivity contribution is 0.0515. The lowest BCUT2D eigenvalue weighted by Crippen LogP contribution is -2.24. The normalized spacial score (nSPS) is 13.9. The predicted molar refractivity (Wildman–Crippen MR) is 95.9 cm³/mol. The van der Waals surface area contributed by atoms with Crippen LogP contribution in [0.15, 0.2) is 41.8 Å². The third-order valence-corrected chi connectivity index (χ3v) is 4.79. The molecular weight excluding hydrogens is 306 g/mol. The third kappa shape index (κ3) is 3.51. The molecule has 0 fully saturated rings. The molecule has 3 rings (SSSR count). The summed E-state index contributed by atoms with van der Waals surface area (Å²) >= 11 is 1.63. The van der Waals surface area contributed by atoms with E-state index >= 15 is 0 Å². The lowest BCUT2D eigenvalue weighted by atomic mass is 9.93. The zero-order valence-corrected chi connectivity index (χ0v) is 14.2. The van der Waals surface area contributed by atoms with E-state index in [9.17, 15) is 5.11 Å². The maximum absolute atomic E-state index is 10.7. The van der Waals surface area contributed by atoms with Crippen molar-refractivity contribution >= 4 is 27.4 Å². The van der Waals surface area contributed by atoms with Gasteiger partial charge in [0.25, 0.3) is 0 Å². The molecule has 1 unspecified atom stereocenters. The maximum atomic E-state index is 10.7. The number of anilines is 1. The molecule has 4 nitrogen and oxygen atoms in total. The zero-order chi connectivity index (χ0) is 16.3. The SMILES string of the molecule is CCc1nc(NCCC(C)(O)c2ccccc2)c2ccsc2n1. The number of hydrogen-bond donors (Lipinski definition) is 2. The first-order valence-corrected chi connectivity index (χ1v) is 8.74. The van der Waals surface area contributed by atoms with Crippen LogP contribution < -0.4 is 5.32 Å². The number of nitrogens with zero attached hydrogens (tertiary/aromatic N) is 2. The molecule has 0 radical (unpaired) electrons. The van der Waals surface area contributed by atoms with Crippen molar-refractivity contribution in [2.45, 2.75) is 32.3 Å². The minimum atomic E-state index is -0.858. The highest BCUT2D eigenvalue weighted by Crippen LogP contribution is 2.27. The smallest absolute Gasteiger partial charge is 0.138 e. The minimum Gasteiger partial charge on any atom is -0.385 e. The highest BCUT2D eigenvalue weighted by molar-refractivity contribution is 7.16. The molecular formula is C18H21N3OS. The molecule has 0 spiro atoms. The first-order chi connectivity index (χ1) is 11.1. The number of thiophene rings is 1. The first-order valence-electron chi connectivity index (χ1n) is 7.86. The molecule has 2 N–H and O–H groups in total. The number of fused-ring (bicyclic) bond motifs is 1. The fraction of sp³-hybridized carbons (Fsp3) is 0.333. The standard InChI is InChI=1S/C18H21N3OS/c1-3-15-20-16(14-9-12-23-17(14)21-15)19-11-10-18(2,22)13-7-5-4-6-8-13/h4-9,12,22H,3,10-11H2,1-2H3,(H,19,20,21). The van der Waals surface area contributed by atoms with Crippen LogP contribution in [0.2, 0.25) is 0 Å². The number of hydrogen-bond acceptors (Lipinski definition) is 5. The van der Waals surface area contributed by atoms with Crippen LogP contribution in [0.3, 0.4) is 0 Å². The van der Waals surface area contributed by atoms with Crippen molar-refractivity contribution in [3.63, 3.8) is 0 Å². The Bertz CT molecular complexity index is 783. The summed E-state index contributed by atoms with van der Waals surface area (Å²) in [5, 5.41) is 17.1. The van der Waals surface area contributed by atoms with Crippen molar-refractivity contribution in [2.24, 2.45) is 0 Å². The number of aryl methyl sites for hydroxylation is 1. The highest BCUT2D eigenvalue weighted by atomic mass is 32.1. The van der Waals surface area contributed by atoms with Gasteiger partial charge in [0.15, 0.2) is 0 Å². The summed E-state index contributed by atoms with van der Waals surface area (Å²) < 4.78 is 0. The van der Waals surface area contributed by atoms with Crippen LogP contribution in [0.4, 0.5) is 5.82 Å². The van der Waals surface area contributed by atoms with Gasteiger partial charge in [-0.3, -0.25) is 0 Å². The summed E-state index contributed by atoms with van der Waals surface area (Å²) in [7, 11) is 0. The second kappa shape index (κ2) is 6.64. The fourth-order valence-corrected chi connectivity index (χ4v) is 3.34. The topological polar surface area (TPSA) is 58.0 Å². The molecule has 0 aliphatic heterocycles. The minimum absolute atomic E-state index is 0.605. The average Bonchev–Trinajstić information content (AvgIpc) is 3.04. The number of benzene rings is 1. The van der Waals surface area contributed by atoms with Crippen LogP contribution >= 0.6 is 11.3 Å². The van der Waals surface area contributed by atoms with Gasteiger partial charge in [0.05, 0.1) is 11.0 Å². The van der Waals surface area contributed by atoms with E-state index in [0.29, 0.717) is 13.0 Å². The molecule has 0 saturated heterocycles. The number of aliphatic hydroxyl groups is 1. The Morgan fingerprint density at radius 3 is 2.70 bits per heavy atom. The van der Waals surface area contributed by atoms with E-state index in [4.69, 9.17) is 0 Å². The Morgan fingerprint density at radius 2 is 1.96 bits per heavy atom. The largest absolute Gasteiger partial charge is 0.385 e. The summed E-state index contributed by atoms with van der Waals surface area (Å²) in [5.74, 6) is 1.70. The van der Waals surface area contributed by atoms with Crippen molar-refractivity contribution in [1.82, 2.24) is 9.97 Å². The molecule has 5 heteroatoms. The summed E-state index contributed by atoms with van der Waals surface area (Å²) in [6, 6.07) is 11.8. The molecule has 2 aromatic heterocycles. The molecule has 23 heavy (non-hydrogen) atoms. The molecule has 2 heterocycles. The van der Waals surface area contributed by atoms with Crippen LogP contribution in [-0.2, 0) is 12.0 Å². The van der Waals surface area contributed by atoms with Crippen molar-refractivity contribution in [1.29, 1.82) is 0 Å². The second-order valence-electron chi connectivity index (χ2n) is 5.80. The van der Waals surface area contributed by atoms with Crippen molar-refractivity contribution in [3.8, 4) is 0 Å². The number of nitrogens with one attached hydrogen (secondary N) is 1. The van der Waals surface area contributed by atoms with Gasteiger partial charge in [-0.15, -0.1) is 11.3 Å². The van der Waals surface area contributed by atoms with E-state index < -0.39 is 5.60 Å². The van der Waals surface area contributed by atoms with Crippen molar-refractivity contribution in [3.05, 3.63) is 53.2 Å². The summed E-state index contributed by atoms with van der Waals surface area (Å²) in [5.41, 5.74) is 0.0715. The maximum Gasteiger partial charge on any atom is 0.138 e. The van der Waals surface area contributed by atoms with Gasteiger partial charge in [-0.2, -0.15) is 0 Å². The Kier molecular flexibility index (Phi) is 4.59. The first kappa shape index (κ1) is 15.9. The van der Waals surface area contributed by atoms with E-state index in [-0.39, 0.29) is 0 Å². The van der Waals surface area contributed by atoms with E-state index in [2.05, 4.69) is 22.2 Å². The molecule has 0 aliphatic rings. The monoisotopic (exact) mass is 327 g/mol. The van der Waals surface area contributed by atoms with Crippen LogP contribution in [0, 0.1) is 0 Å². The quantitative estimate of drug-likeness (QED) is 0.719. The van der Waals surface area contributed by atoms with Gasteiger partial charge in [0.2, 0.25) is 0 Å². The van der Waals surface area contributed by atoms with Crippen LogP contribution in [0.5, 0.6) is 0 Å². The van der Waals surface area contributed by atoms with Gasteiger partial charge in [0.1, 0.15) is 16.5 Å². The fourth-order valence-electron chi connectivity index (χ4n) is 2.56. The van der Waals surface area contributed by atoms with Crippen LogP contribution in [0.1, 0.15) is 31.7 Å². The van der Waals surface area contributed by atoms with Gasteiger partial charge in [0, 0.05) is 13.0 Å². The van der Waals surface area contributed by atoms with Gasteiger partial charge < -0.3 is 10.4 Å². The van der Waals surface area contributed by atoms with E-state index in [0.717, 1.165) is 33.8 Å². The second-order valence-corrected chi connectivity index (χ2v) is 6.69. The summed E-state index contributed by atoms with van der Waals surface area (Å²) in [4.78, 5) is 10.1. The van der Waals surface area contributed by atoms with Crippen molar-refractivity contribution < 1.29 is 5.11 Å². The third-order valence-electron chi connectivity index (χ3n) is 3.99. The van der Waals surface area contributed by atoms with Crippen LogP contribution in [0.25, 0.3) is 10.2 Å². The average molecular weight is 327 g/mol. The molecule has 1 aromatic carbocycles. The van der Waals surface area contributed by atoms with Crippen LogP contribution in [-0.4, -0.2) is 21.6 Å². The van der Waals surface area contributed by atoms with Gasteiger partial charge in [-0.25, -0.2) is 9.97 Å². The molecule has 0 amide bonds. The highest BCUT2D eigenvalue weighted by Gasteiger charge is 2.22. The van der Waals surface area contributed by atoms with Gasteiger partial charge in [-0.05, 0) is 30.4 Å². The molecule has 1 atom stereocenters. The summed E-state index contributed by atoms with van der Waals surface area (Å²) in [6.45, 7) is 4.55. The summed E-state index contributed by atoms with van der Waals surface area (Å²) in [6.07, 6.45) is 1.42. The number of aromatic nitrogens is 2. The molecule has 3 aromatic rings. The lowest BCUT2D eigenvalue weighted by Gasteiger charge is -2.24. The van der Waals surface area contributed by atoms with Crippen molar-refractivity contribution in [2.75, 3.05) is 11.9 Å². The Hall–Kier alpha value is -1.98. The van der Waals surface area contributed by atoms with E-state index in [1.54, 1.807) is 11.3 Å². The Balaban J connectivity index is 1.72. The number of rotatable bonds is 6. The van der Waals surface area contributed by atoms with Gasteiger partial charge >= 0.3 is 0 Å². The molecule has 120 valence electrons. The van der Waals surface area contributed by atoms with E-state index in [1.807, 2.05) is 48.7 Å². The predicted octanol–water partition coefficient (Wildman–Crippen LogP) is 3.96. The molecule has 0 saturated carbocycles. The zero-order valence-electron chi connectivity index (χ0n) is 13.4. The molecule has 0 bridgehead atoms. The Labute approximate surface area is 140 Å². The Morgan fingerprint density at radius 1 is 1.17 bits per heavy atom. The molecule has 0 aliphatic carbocycles. The van der Waals surface area contributed by atoms with E-state index in [1.165, 1.54) is 0 Å². The van der Waals surface area contributed by atoms with Gasteiger partial charge in [-0.1, -0.05) is 37.3 Å².